The van der Waals surface area contributed by atoms with Gasteiger partial charge in [0.1, 0.15) is 5.75 Å². The Labute approximate surface area is 137 Å². The van der Waals surface area contributed by atoms with E-state index in [2.05, 4.69) is 0 Å². The SMILES string of the molecule is O=C(O)C1CCOC(c2cccc(OCC3CCCCC3)c2)C1. The third-order valence-electron chi connectivity index (χ3n) is 5.07. The molecule has 1 aromatic rings. The quantitative estimate of drug-likeness (QED) is 0.884. The van der Waals surface area contributed by atoms with Crippen LogP contribution in [0.1, 0.15) is 56.6 Å². The van der Waals surface area contributed by atoms with Crippen molar-refractivity contribution in [2.45, 2.75) is 51.0 Å². The Morgan fingerprint density at radius 2 is 2.04 bits per heavy atom. The lowest BCUT2D eigenvalue weighted by atomic mass is 9.90. The molecule has 2 aliphatic rings. The van der Waals surface area contributed by atoms with Crippen molar-refractivity contribution >= 4 is 5.97 Å². The molecule has 3 rings (SSSR count). The van der Waals surface area contributed by atoms with Gasteiger partial charge in [0.2, 0.25) is 0 Å². The zero-order chi connectivity index (χ0) is 16.1. The minimum Gasteiger partial charge on any atom is -0.493 e. The van der Waals surface area contributed by atoms with Crippen molar-refractivity contribution in [1.29, 1.82) is 0 Å². The summed E-state index contributed by atoms with van der Waals surface area (Å²) in [6.45, 7) is 1.29. The van der Waals surface area contributed by atoms with Gasteiger partial charge in [0.15, 0.2) is 0 Å². The fourth-order valence-corrected chi connectivity index (χ4v) is 3.63. The maximum absolute atomic E-state index is 11.2. The van der Waals surface area contributed by atoms with E-state index in [1.807, 2.05) is 24.3 Å². The summed E-state index contributed by atoms with van der Waals surface area (Å²) in [5.74, 6) is 0.521. The van der Waals surface area contributed by atoms with Crippen molar-refractivity contribution in [1.82, 2.24) is 0 Å². The molecular weight excluding hydrogens is 292 g/mol. The summed E-state index contributed by atoms with van der Waals surface area (Å²) < 4.78 is 11.8. The fraction of sp³-hybridized carbons (Fsp3) is 0.632. The molecule has 1 aromatic carbocycles. The van der Waals surface area contributed by atoms with Crippen LogP contribution in [0, 0.1) is 11.8 Å². The van der Waals surface area contributed by atoms with Crippen LogP contribution in [0.4, 0.5) is 0 Å². The van der Waals surface area contributed by atoms with Crippen molar-refractivity contribution < 1.29 is 19.4 Å². The smallest absolute Gasteiger partial charge is 0.306 e. The normalized spacial score (nSPS) is 25.9. The van der Waals surface area contributed by atoms with Crippen molar-refractivity contribution in [3.63, 3.8) is 0 Å². The van der Waals surface area contributed by atoms with Gasteiger partial charge in [-0.05, 0) is 49.3 Å². The second-order valence-corrected chi connectivity index (χ2v) is 6.81. The molecule has 1 aliphatic heterocycles. The summed E-state index contributed by atoms with van der Waals surface area (Å²) >= 11 is 0. The van der Waals surface area contributed by atoms with E-state index in [1.165, 1.54) is 32.1 Å². The lowest BCUT2D eigenvalue weighted by Gasteiger charge is -2.28. The van der Waals surface area contributed by atoms with Crippen LogP contribution >= 0.6 is 0 Å². The standard InChI is InChI=1S/C19H26O4/c20-19(21)16-9-10-22-18(12-16)15-7-4-8-17(11-15)23-13-14-5-2-1-3-6-14/h4,7-8,11,14,16,18H,1-3,5-6,9-10,12-13H2,(H,20,21). The number of ether oxygens (including phenoxy) is 2. The number of rotatable bonds is 5. The minimum absolute atomic E-state index is 0.136. The van der Waals surface area contributed by atoms with Crippen molar-refractivity contribution in [2.75, 3.05) is 13.2 Å². The highest BCUT2D eigenvalue weighted by Crippen LogP contribution is 2.33. The Kier molecular flexibility index (Phi) is 5.55. The topological polar surface area (TPSA) is 55.8 Å². The van der Waals surface area contributed by atoms with Gasteiger partial charge in [-0.15, -0.1) is 0 Å². The van der Waals surface area contributed by atoms with E-state index in [0.29, 0.717) is 25.4 Å². The average Bonchev–Trinajstić information content (AvgIpc) is 2.61. The third kappa shape index (κ3) is 4.47. The predicted octanol–water partition coefficient (Wildman–Crippen LogP) is 4.20. The molecule has 0 aromatic heterocycles. The minimum atomic E-state index is -0.719. The van der Waals surface area contributed by atoms with Gasteiger partial charge in [0.25, 0.3) is 0 Å². The van der Waals surface area contributed by atoms with Gasteiger partial charge in [-0.25, -0.2) is 0 Å². The fourth-order valence-electron chi connectivity index (χ4n) is 3.63. The number of carbonyl (C=O) groups is 1. The zero-order valence-corrected chi connectivity index (χ0v) is 13.6. The summed E-state index contributed by atoms with van der Waals surface area (Å²) in [6, 6.07) is 7.96. The molecule has 1 saturated heterocycles. The van der Waals surface area contributed by atoms with Crippen molar-refractivity contribution in [3.05, 3.63) is 29.8 Å². The first-order valence-corrected chi connectivity index (χ1v) is 8.79. The average molecular weight is 318 g/mol. The van der Waals surface area contributed by atoms with Gasteiger partial charge >= 0.3 is 5.97 Å². The van der Waals surface area contributed by atoms with Gasteiger partial charge in [-0.1, -0.05) is 31.4 Å². The number of hydrogen-bond donors (Lipinski definition) is 1. The summed E-state index contributed by atoms with van der Waals surface area (Å²) in [5.41, 5.74) is 1.03. The maximum Gasteiger partial charge on any atom is 0.306 e. The Bertz CT molecular complexity index is 522. The molecule has 2 unspecified atom stereocenters. The van der Waals surface area contributed by atoms with E-state index >= 15 is 0 Å². The molecule has 1 N–H and O–H groups in total. The summed E-state index contributed by atoms with van der Waals surface area (Å²) in [5, 5.41) is 9.21. The first kappa shape index (κ1) is 16.3. The van der Waals surface area contributed by atoms with Gasteiger partial charge in [0, 0.05) is 6.61 Å². The zero-order valence-electron chi connectivity index (χ0n) is 13.6. The molecular formula is C19H26O4. The van der Waals surface area contributed by atoms with E-state index in [9.17, 15) is 9.90 Å². The molecule has 0 amide bonds. The van der Waals surface area contributed by atoms with Crippen LogP contribution in [0.15, 0.2) is 24.3 Å². The number of hydrogen-bond acceptors (Lipinski definition) is 3. The molecule has 126 valence electrons. The highest BCUT2D eigenvalue weighted by molar-refractivity contribution is 5.70. The van der Waals surface area contributed by atoms with Crippen LogP contribution in [0.3, 0.4) is 0 Å². The lowest BCUT2D eigenvalue weighted by Crippen LogP contribution is -2.25. The highest BCUT2D eigenvalue weighted by Gasteiger charge is 2.28. The summed E-state index contributed by atoms with van der Waals surface area (Å²) in [7, 11) is 0. The van der Waals surface area contributed by atoms with Crippen LogP contribution in [-0.2, 0) is 9.53 Å². The molecule has 1 heterocycles. The van der Waals surface area contributed by atoms with Crippen LogP contribution in [0.25, 0.3) is 0 Å². The lowest BCUT2D eigenvalue weighted by molar-refractivity contribution is -0.147. The van der Waals surface area contributed by atoms with Gasteiger partial charge in [-0.3, -0.25) is 4.79 Å². The summed E-state index contributed by atoms with van der Waals surface area (Å²) in [6.07, 6.45) is 7.54. The Hall–Kier alpha value is -1.55. The second-order valence-electron chi connectivity index (χ2n) is 6.81. The van der Waals surface area contributed by atoms with Gasteiger partial charge in [-0.2, -0.15) is 0 Å². The molecule has 1 saturated carbocycles. The predicted molar refractivity (Wildman–Crippen MR) is 87.6 cm³/mol. The molecule has 2 fully saturated rings. The van der Waals surface area contributed by atoms with E-state index in [4.69, 9.17) is 9.47 Å². The molecule has 4 nitrogen and oxygen atoms in total. The summed E-state index contributed by atoms with van der Waals surface area (Å²) in [4.78, 5) is 11.2. The van der Waals surface area contributed by atoms with E-state index in [-0.39, 0.29) is 12.0 Å². The molecule has 0 radical (unpaired) electrons. The number of carboxylic acid groups (broad SMARTS) is 1. The van der Waals surface area contributed by atoms with E-state index < -0.39 is 5.97 Å². The van der Waals surface area contributed by atoms with Gasteiger partial charge < -0.3 is 14.6 Å². The van der Waals surface area contributed by atoms with Crippen molar-refractivity contribution in [3.8, 4) is 5.75 Å². The third-order valence-corrected chi connectivity index (χ3v) is 5.07. The Morgan fingerprint density at radius 3 is 2.83 bits per heavy atom. The van der Waals surface area contributed by atoms with Crippen LogP contribution in [0.2, 0.25) is 0 Å². The van der Waals surface area contributed by atoms with E-state index in [0.717, 1.165) is 17.9 Å². The number of aliphatic carboxylic acids is 1. The van der Waals surface area contributed by atoms with Crippen LogP contribution < -0.4 is 4.74 Å². The number of benzene rings is 1. The first-order chi connectivity index (χ1) is 11.2. The second kappa shape index (κ2) is 7.82. The van der Waals surface area contributed by atoms with Gasteiger partial charge in [0.05, 0.1) is 18.6 Å². The Balaban J connectivity index is 1.59. The maximum atomic E-state index is 11.2. The largest absolute Gasteiger partial charge is 0.493 e. The molecule has 0 bridgehead atoms. The molecule has 1 aliphatic carbocycles. The number of carboxylic acids is 1. The van der Waals surface area contributed by atoms with Crippen LogP contribution in [0.5, 0.6) is 5.75 Å². The van der Waals surface area contributed by atoms with Crippen LogP contribution in [-0.4, -0.2) is 24.3 Å². The molecule has 2 atom stereocenters. The monoisotopic (exact) mass is 318 g/mol. The highest BCUT2D eigenvalue weighted by atomic mass is 16.5. The van der Waals surface area contributed by atoms with Crippen molar-refractivity contribution in [2.24, 2.45) is 11.8 Å². The first-order valence-electron chi connectivity index (χ1n) is 8.79. The molecule has 0 spiro atoms. The molecule has 4 heteroatoms. The Morgan fingerprint density at radius 1 is 1.22 bits per heavy atom. The van der Waals surface area contributed by atoms with E-state index in [1.54, 1.807) is 0 Å². The molecule has 23 heavy (non-hydrogen) atoms.